The highest BCUT2D eigenvalue weighted by molar-refractivity contribution is 5.76. The maximum absolute atomic E-state index is 12.1. The van der Waals surface area contributed by atoms with Gasteiger partial charge in [-0.05, 0) is 12.3 Å². The van der Waals surface area contributed by atoms with Gasteiger partial charge >= 0.3 is 12.0 Å². The number of piperidine rings is 1. The summed E-state index contributed by atoms with van der Waals surface area (Å²) in [4.78, 5) is 25.9. The molecule has 0 aliphatic carbocycles. The summed E-state index contributed by atoms with van der Waals surface area (Å²) in [6.07, 6.45) is 0.502. The number of hydrogen-bond acceptors (Lipinski definition) is 3. The number of carboxylic acid groups (broad SMARTS) is 1. The third-order valence-corrected chi connectivity index (χ3v) is 3.88. The average Bonchev–Trinajstić information content (AvgIpc) is 2.25. The lowest BCUT2D eigenvalue weighted by molar-refractivity contribution is -0.139. The number of amides is 2. The van der Waals surface area contributed by atoms with E-state index < -0.39 is 12.1 Å². The second-order valence-electron chi connectivity index (χ2n) is 5.43. The standard InChI is InChI=1S/C12H20N2O4/c1-8-2-3-13(7-10(8)15)12(18)14-5-9(6-14)4-11(16)17/h8-10,15H,2-7H2,1H3,(H,16,17). The Balaban J connectivity index is 1.78. The predicted octanol–water partition coefficient (Wildman–Crippen LogP) is 0.216. The van der Waals surface area contributed by atoms with Crippen LogP contribution in [-0.2, 0) is 4.79 Å². The van der Waals surface area contributed by atoms with Gasteiger partial charge in [0.25, 0.3) is 0 Å². The van der Waals surface area contributed by atoms with Crippen LogP contribution in [0.4, 0.5) is 4.79 Å². The zero-order chi connectivity index (χ0) is 13.3. The summed E-state index contributed by atoms with van der Waals surface area (Å²) < 4.78 is 0. The Labute approximate surface area is 106 Å². The number of aliphatic hydroxyl groups is 1. The van der Waals surface area contributed by atoms with Crippen LogP contribution in [-0.4, -0.2) is 64.3 Å². The fourth-order valence-corrected chi connectivity index (χ4v) is 2.52. The van der Waals surface area contributed by atoms with E-state index in [1.54, 1.807) is 9.80 Å². The molecule has 2 heterocycles. The summed E-state index contributed by atoms with van der Waals surface area (Å²) in [5.74, 6) is -0.486. The lowest BCUT2D eigenvalue weighted by Crippen LogP contribution is -2.58. The van der Waals surface area contributed by atoms with Gasteiger partial charge in [-0.1, -0.05) is 6.92 Å². The summed E-state index contributed by atoms with van der Waals surface area (Å²) in [7, 11) is 0. The first-order chi connectivity index (χ1) is 8.47. The van der Waals surface area contributed by atoms with Crippen molar-refractivity contribution in [2.24, 2.45) is 11.8 Å². The monoisotopic (exact) mass is 256 g/mol. The fourth-order valence-electron chi connectivity index (χ4n) is 2.52. The lowest BCUT2D eigenvalue weighted by atomic mass is 9.95. The number of carbonyl (C=O) groups is 2. The largest absolute Gasteiger partial charge is 0.481 e. The molecule has 0 aromatic heterocycles. The molecule has 2 rings (SSSR count). The van der Waals surface area contributed by atoms with Crippen molar-refractivity contribution in [2.45, 2.75) is 25.9 Å². The minimum atomic E-state index is -0.811. The normalized spacial score (nSPS) is 29.0. The molecule has 6 nitrogen and oxygen atoms in total. The topological polar surface area (TPSA) is 81.1 Å². The van der Waals surface area contributed by atoms with Crippen molar-refractivity contribution < 1.29 is 19.8 Å². The minimum absolute atomic E-state index is 0.0670. The summed E-state index contributed by atoms with van der Waals surface area (Å²) in [6, 6.07) is -0.0670. The van der Waals surface area contributed by atoms with Crippen molar-refractivity contribution in [1.82, 2.24) is 9.80 Å². The Morgan fingerprint density at radius 1 is 1.22 bits per heavy atom. The number of aliphatic hydroxyl groups excluding tert-OH is 1. The number of likely N-dealkylation sites (tertiary alicyclic amines) is 2. The van der Waals surface area contributed by atoms with Crippen molar-refractivity contribution in [3.63, 3.8) is 0 Å². The molecule has 2 atom stereocenters. The third-order valence-electron chi connectivity index (χ3n) is 3.88. The summed E-state index contributed by atoms with van der Waals surface area (Å²) in [5, 5.41) is 18.4. The van der Waals surface area contributed by atoms with Gasteiger partial charge < -0.3 is 20.0 Å². The molecule has 102 valence electrons. The number of hydrogen-bond donors (Lipinski definition) is 2. The number of nitrogens with zero attached hydrogens (tertiary/aromatic N) is 2. The molecule has 0 saturated carbocycles. The Kier molecular flexibility index (Phi) is 3.75. The Morgan fingerprint density at radius 3 is 2.44 bits per heavy atom. The molecule has 2 aliphatic heterocycles. The molecule has 2 fully saturated rings. The van der Waals surface area contributed by atoms with Crippen LogP contribution in [0.3, 0.4) is 0 Å². The number of rotatable bonds is 2. The number of urea groups is 1. The first kappa shape index (κ1) is 13.1. The average molecular weight is 256 g/mol. The fraction of sp³-hybridized carbons (Fsp3) is 0.833. The maximum Gasteiger partial charge on any atom is 0.320 e. The molecule has 18 heavy (non-hydrogen) atoms. The minimum Gasteiger partial charge on any atom is -0.481 e. The van der Waals surface area contributed by atoms with Gasteiger partial charge in [0.15, 0.2) is 0 Å². The SMILES string of the molecule is CC1CCN(C(=O)N2CC(CC(=O)O)C2)CC1O. The van der Waals surface area contributed by atoms with Gasteiger partial charge in [0.1, 0.15) is 0 Å². The van der Waals surface area contributed by atoms with Gasteiger partial charge in [0, 0.05) is 32.1 Å². The van der Waals surface area contributed by atoms with Crippen LogP contribution in [0.2, 0.25) is 0 Å². The van der Waals surface area contributed by atoms with Crippen molar-refractivity contribution in [3.8, 4) is 0 Å². The Morgan fingerprint density at radius 2 is 1.89 bits per heavy atom. The molecule has 2 saturated heterocycles. The van der Waals surface area contributed by atoms with Gasteiger partial charge in [-0.25, -0.2) is 4.79 Å². The molecule has 0 bridgehead atoms. The molecule has 0 spiro atoms. The summed E-state index contributed by atoms with van der Waals surface area (Å²) in [5.41, 5.74) is 0. The smallest absolute Gasteiger partial charge is 0.320 e. The number of β-amino-alcohol motifs (C(OH)–C–C–N with tert-alkyl or cyclic N) is 1. The summed E-state index contributed by atoms with van der Waals surface area (Å²) in [6.45, 7) is 4.09. The molecule has 2 aliphatic rings. The number of carboxylic acids is 1. The molecular weight excluding hydrogens is 236 g/mol. The highest BCUT2D eigenvalue weighted by Crippen LogP contribution is 2.23. The molecule has 6 heteroatoms. The molecule has 2 amide bonds. The quantitative estimate of drug-likeness (QED) is 0.740. The third kappa shape index (κ3) is 2.75. The van der Waals surface area contributed by atoms with Crippen LogP contribution < -0.4 is 0 Å². The zero-order valence-electron chi connectivity index (χ0n) is 10.6. The molecule has 0 aromatic rings. The lowest BCUT2D eigenvalue weighted by Gasteiger charge is -2.43. The predicted molar refractivity (Wildman–Crippen MR) is 64.1 cm³/mol. The van der Waals surface area contributed by atoms with E-state index in [0.29, 0.717) is 26.2 Å². The highest BCUT2D eigenvalue weighted by atomic mass is 16.4. The van der Waals surface area contributed by atoms with Crippen LogP contribution in [0.1, 0.15) is 19.8 Å². The Hall–Kier alpha value is -1.30. The van der Waals surface area contributed by atoms with E-state index in [4.69, 9.17) is 5.11 Å². The molecular formula is C12H20N2O4. The van der Waals surface area contributed by atoms with Gasteiger partial charge in [-0.15, -0.1) is 0 Å². The van der Waals surface area contributed by atoms with Gasteiger partial charge in [-0.3, -0.25) is 4.79 Å². The van der Waals surface area contributed by atoms with Crippen LogP contribution in [0.15, 0.2) is 0 Å². The molecule has 2 N–H and O–H groups in total. The van der Waals surface area contributed by atoms with E-state index in [1.807, 2.05) is 6.92 Å². The van der Waals surface area contributed by atoms with Crippen LogP contribution in [0.25, 0.3) is 0 Å². The summed E-state index contributed by atoms with van der Waals surface area (Å²) >= 11 is 0. The second-order valence-corrected chi connectivity index (χ2v) is 5.43. The van der Waals surface area contributed by atoms with E-state index in [1.165, 1.54) is 0 Å². The first-order valence-electron chi connectivity index (χ1n) is 6.41. The van der Waals surface area contributed by atoms with Crippen LogP contribution >= 0.6 is 0 Å². The van der Waals surface area contributed by atoms with Crippen molar-refractivity contribution in [3.05, 3.63) is 0 Å². The van der Waals surface area contributed by atoms with Crippen molar-refractivity contribution >= 4 is 12.0 Å². The van der Waals surface area contributed by atoms with Gasteiger partial charge in [-0.2, -0.15) is 0 Å². The maximum atomic E-state index is 12.1. The van der Waals surface area contributed by atoms with Crippen LogP contribution in [0, 0.1) is 11.8 Å². The zero-order valence-corrected chi connectivity index (χ0v) is 10.6. The first-order valence-corrected chi connectivity index (χ1v) is 6.41. The van der Waals surface area contributed by atoms with Crippen LogP contribution in [0.5, 0.6) is 0 Å². The highest BCUT2D eigenvalue weighted by Gasteiger charge is 2.36. The van der Waals surface area contributed by atoms with Gasteiger partial charge in [0.2, 0.25) is 0 Å². The molecule has 0 radical (unpaired) electrons. The van der Waals surface area contributed by atoms with E-state index >= 15 is 0 Å². The van der Waals surface area contributed by atoms with E-state index in [2.05, 4.69) is 0 Å². The molecule has 2 unspecified atom stereocenters. The van der Waals surface area contributed by atoms with E-state index in [0.717, 1.165) is 6.42 Å². The van der Waals surface area contributed by atoms with Crippen molar-refractivity contribution in [2.75, 3.05) is 26.2 Å². The second kappa shape index (κ2) is 5.14. The number of carbonyl (C=O) groups excluding carboxylic acids is 1. The van der Waals surface area contributed by atoms with E-state index in [9.17, 15) is 14.7 Å². The van der Waals surface area contributed by atoms with Gasteiger partial charge in [0.05, 0.1) is 12.5 Å². The van der Waals surface area contributed by atoms with E-state index in [-0.39, 0.29) is 24.3 Å². The Bertz CT molecular complexity index is 341. The van der Waals surface area contributed by atoms with Crippen molar-refractivity contribution in [1.29, 1.82) is 0 Å². The number of aliphatic carboxylic acids is 1. The molecule has 0 aromatic carbocycles.